The topological polar surface area (TPSA) is 30.2 Å². The maximum atomic E-state index is 12.0. The summed E-state index contributed by atoms with van der Waals surface area (Å²) < 4.78 is 7.34. The Bertz CT molecular complexity index is 441. The summed E-state index contributed by atoms with van der Waals surface area (Å²) in [5, 5.41) is 0. The Hall–Kier alpha value is -1.07. The molecule has 0 aliphatic heterocycles. The first-order valence-electron chi connectivity index (χ1n) is 5.79. The van der Waals surface area contributed by atoms with Crippen molar-refractivity contribution in [3.63, 3.8) is 0 Å². The van der Waals surface area contributed by atoms with Crippen molar-refractivity contribution in [3.05, 3.63) is 34.3 Å². The molecule has 0 spiro atoms. The molecule has 0 bridgehead atoms. The van der Waals surface area contributed by atoms with Crippen LogP contribution in [0, 0.1) is 6.92 Å². The lowest BCUT2D eigenvalue weighted by molar-refractivity contribution is -0.578. The minimum Gasteiger partial charge on any atom is -0.766 e. The number of carbonyl (C=O) groups excluding carboxylic acids is 1. The first-order chi connectivity index (χ1) is 8.60. The molecule has 0 aliphatic rings. The summed E-state index contributed by atoms with van der Waals surface area (Å²) in [6.45, 7) is 6.12. The number of pyridine rings is 1. The van der Waals surface area contributed by atoms with Crippen LogP contribution < -0.4 is 4.57 Å². The molecule has 1 aromatic heterocycles. The number of carbonyl (C=O) groups is 1. The van der Waals surface area contributed by atoms with Gasteiger partial charge in [0.1, 0.15) is 0 Å². The molecule has 0 aromatic carbocycles. The quantitative estimate of drug-likeness (QED) is 0.359. The van der Waals surface area contributed by atoms with Gasteiger partial charge in [-0.3, -0.25) is 0 Å². The summed E-state index contributed by atoms with van der Waals surface area (Å²) in [6, 6.07) is 3.86. The number of rotatable bonds is 5. The van der Waals surface area contributed by atoms with E-state index in [2.05, 4.69) is 0 Å². The molecular weight excluding hydrogens is 266 g/mol. The van der Waals surface area contributed by atoms with E-state index in [-0.39, 0.29) is 5.97 Å². The zero-order chi connectivity index (χ0) is 13.5. The third-order valence-corrected chi connectivity index (χ3v) is 3.48. The van der Waals surface area contributed by atoms with Crippen LogP contribution in [0.4, 0.5) is 0 Å². The highest BCUT2D eigenvalue weighted by Crippen LogP contribution is 2.18. The molecule has 1 rings (SSSR count). The van der Waals surface area contributed by atoms with Crippen molar-refractivity contribution in [2.75, 3.05) is 12.4 Å². The van der Waals surface area contributed by atoms with Crippen molar-refractivity contribution in [1.29, 1.82) is 0 Å². The van der Waals surface area contributed by atoms with Crippen molar-refractivity contribution in [2.45, 2.75) is 20.8 Å². The Morgan fingerprint density at radius 2 is 2.00 bits per heavy atom. The van der Waals surface area contributed by atoms with Crippen molar-refractivity contribution < 1.29 is 14.1 Å². The molecule has 1 aromatic rings. The molecule has 18 heavy (non-hydrogen) atoms. The second kappa shape index (κ2) is 7.38. The fourth-order valence-electron chi connectivity index (χ4n) is 1.34. The molecule has 5 heteroatoms. The Labute approximate surface area is 118 Å². The van der Waals surface area contributed by atoms with Gasteiger partial charge in [0.15, 0.2) is 12.4 Å². The van der Waals surface area contributed by atoms with E-state index in [9.17, 15) is 4.79 Å². The van der Waals surface area contributed by atoms with Crippen molar-refractivity contribution in [1.82, 2.24) is 0 Å². The normalized spacial score (nSPS) is 11.9. The highest BCUT2D eigenvalue weighted by Gasteiger charge is 2.21. The van der Waals surface area contributed by atoms with Crippen molar-refractivity contribution in [2.24, 2.45) is 0 Å². The van der Waals surface area contributed by atoms with Crippen LogP contribution in [0.1, 0.15) is 19.4 Å². The third kappa shape index (κ3) is 3.99. The Kier molecular flexibility index (Phi) is 6.15. The number of aromatic nitrogens is 1. The molecule has 0 fully saturated rings. The van der Waals surface area contributed by atoms with Crippen LogP contribution in [-0.2, 0) is 22.2 Å². The van der Waals surface area contributed by atoms with E-state index in [0.717, 1.165) is 11.3 Å². The number of aryl methyl sites for hydroxylation is 1. The molecular formula is C13H17NO2S2. The second-order valence-corrected chi connectivity index (χ2v) is 5.51. The maximum absolute atomic E-state index is 12.0. The smallest absolute Gasteiger partial charge is 0.403 e. The van der Waals surface area contributed by atoms with Gasteiger partial charge in [0, 0.05) is 12.1 Å². The van der Waals surface area contributed by atoms with Gasteiger partial charge in [0.25, 0.3) is 5.70 Å². The van der Waals surface area contributed by atoms with Crippen LogP contribution in [0.25, 0.3) is 5.70 Å². The van der Waals surface area contributed by atoms with Gasteiger partial charge in [0.05, 0.1) is 6.61 Å². The van der Waals surface area contributed by atoms with E-state index >= 15 is 0 Å². The number of hydrogen-bond acceptors (Lipinski definition) is 4. The molecule has 0 saturated heterocycles. The molecule has 0 atom stereocenters. The highest BCUT2D eigenvalue weighted by atomic mass is 32.2. The van der Waals surface area contributed by atoms with Gasteiger partial charge in [-0.2, -0.15) is 4.57 Å². The van der Waals surface area contributed by atoms with Gasteiger partial charge >= 0.3 is 5.97 Å². The lowest BCUT2D eigenvalue weighted by Crippen LogP contribution is -2.37. The SMILES string of the molecule is CCOC(=O)/C(=C(/[S-])SCC)[n+]1ccc(C)cc1. The number of ether oxygens (including phenoxy) is 1. The van der Waals surface area contributed by atoms with E-state index in [1.807, 2.05) is 38.4 Å². The fraction of sp³-hybridized carbons (Fsp3) is 0.385. The molecule has 0 saturated carbocycles. The Balaban J connectivity index is 3.16. The zero-order valence-corrected chi connectivity index (χ0v) is 12.4. The van der Waals surface area contributed by atoms with Gasteiger partial charge < -0.3 is 17.4 Å². The minimum atomic E-state index is -0.377. The van der Waals surface area contributed by atoms with Crippen LogP contribution in [0.2, 0.25) is 0 Å². The molecule has 98 valence electrons. The minimum absolute atomic E-state index is 0.341. The average Bonchev–Trinajstić information content (AvgIpc) is 2.33. The predicted molar refractivity (Wildman–Crippen MR) is 76.7 cm³/mol. The van der Waals surface area contributed by atoms with Gasteiger partial charge in [-0.05, 0) is 25.2 Å². The Morgan fingerprint density at radius 1 is 1.39 bits per heavy atom. The summed E-state index contributed by atoms with van der Waals surface area (Å²) in [5.74, 6) is 0.450. The van der Waals surface area contributed by atoms with Crippen LogP contribution in [0.3, 0.4) is 0 Å². The molecule has 0 radical (unpaired) electrons. The highest BCUT2D eigenvalue weighted by molar-refractivity contribution is 8.11. The largest absolute Gasteiger partial charge is 0.766 e. The molecule has 0 N–H and O–H groups in total. The Morgan fingerprint density at radius 3 is 2.50 bits per heavy atom. The van der Waals surface area contributed by atoms with Crippen LogP contribution in [-0.4, -0.2) is 18.3 Å². The van der Waals surface area contributed by atoms with Crippen molar-refractivity contribution in [3.8, 4) is 0 Å². The molecule has 0 unspecified atom stereocenters. The number of hydrogen-bond donors (Lipinski definition) is 0. The molecule has 0 amide bonds. The van der Waals surface area contributed by atoms with E-state index in [0.29, 0.717) is 16.5 Å². The van der Waals surface area contributed by atoms with E-state index in [1.165, 1.54) is 11.8 Å². The zero-order valence-electron chi connectivity index (χ0n) is 10.8. The monoisotopic (exact) mass is 283 g/mol. The van der Waals surface area contributed by atoms with Gasteiger partial charge in [-0.25, -0.2) is 4.79 Å². The summed E-state index contributed by atoms with van der Waals surface area (Å²) in [5.41, 5.74) is 1.54. The summed E-state index contributed by atoms with van der Waals surface area (Å²) >= 11 is 6.75. The van der Waals surface area contributed by atoms with E-state index < -0.39 is 0 Å². The summed E-state index contributed by atoms with van der Waals surface area (Å²) in [6.07, 6.45) is 3.65. The molecule has 0 aliphatic carbocycles. The van der Waals surface area contributed by atoms with Crippen LogP contribution in [0.5, 0.6) is 0 Å². The van der Waals surface area contributed by atoms with Gasteiger partial charge in [0.2, 0.25) is 0 Å². The molecule has 1 heterocycles. The average molecular weight is 283 g/mol. The number of nitrogens with zero attached hydrogens (tertiary/aromatic N) is 1. The van der Waals surface area contributed by atoms with E-state index in [4.69, 9.17) is 17.4 Å². The summed E-state index contributed by atoms with van der Waals surface area (Å²) in [7, 11) is 0. The lowest BCUT2D eigenvalue weighted by Gasteiger charge is -2.12. The third-order valence-electron chi connectivity index (χ3n) is 2.19. The second-order valence-electron chi connectivity index (χ2n) is 3.57. The first-order valence-corrected chi connectivity index (χ1v) is 7.19. The van der Waals surface area contributed by atoms with Gasteiger partial charge in [-0.15, -0.1) is 11.8 Å². The van der Waals surface area contributed by atoms with Crippen LogP contribution in [0.15, 0.2) is 28.8 Å². The predicted octanol–water partition coefficient (Wildman–Crippen LogP) is 2.27. The molecule has 3 nitrogen and oxygen atoms in total. The lowest BCUT2D eigenvalue weighted by atomic mass is 10.3. The maximum Gasteiger partial charge on any atom is 0.403 e. The number of esters is 1. The summed E-state index contributed by atoms with van der Waals surface area (Å²) in [4.78, 5) is 12.0. The van der Waals surface area contributed by atoms with E-state index in [1.54, 1.807) is 11.5 Å². The first kappa shape index (κ1) is 15.0. The number of thioether (sulfide) groups is 1. The van der Waals surface area contributed by atoms with Crippen LogP contribution >= 0.6 is 11.8 Å². The van der Waals surface area contributed by atoms with Crippen molar-refractivity contribution >= 4 is 36.1 Å². The fourth-order valence-corrected chi connectivity index (χ4v) is 2.47. The van der Waals surface area contributed by atoms with Gasteiger partial charge in [-0.1, -0.05) is 11.2 Å². The standard InChI is InChI=1S/C13H17NO2S2/c1-4-16-12(15)11(13(17)18-5-2)14-8-6-10(3)7-9-14/h6-9H,4-5H2,1-3H3.